The van der Waals surface area contributed by atoms with Crippen LogP contribution in [0.1, 0.15) is 50.4 Å². The molecule has 2 aromatic rings. The van der Waals surface area contributed by atoms with Gasteiger partial charge in [0.25, 0.3) is 0 Å². The number of halogens is 3. The van der Waals surface area contributed by atoms with E-state index >= 15 is 0 Å². The third-order valence-electron chi connectivity index (χ3n) is 5.97. The Kier molecular flexibility index (Phi) is 8.75. The molecule has 3 atom stereocenters. The number of aliphatic carboxylic acids is 1. The monoisotopic (exact) mass is 513 g/mol. The van der Waals surface area contributed by atoms with Crippen molar-refractivity contribution < 1.29 is 37.3 Å². The van der Waals surface area contributed by atoms with E-state index in [1.807, 2.05) is 0 Å². The van der Waals surface area contributed by atoms with Gasteiger partial charge in [0.05, 0.1) is 42.3 Å². The zero-order valence-corrected chi connectivity index (χ0v) is 20.3. The molecule has 10 nitrogen and oxygen atoms in total. The van der Waals surface area contributed by atoms with Gasteiger partial charge in [0.15, 0.2) is 0 Å². The van der Waals surface area contributed by atoms with Crippen molar-refractivity contribution >= 4 is 12.1 Å². The fraction of sp³-hybridized carbons (Fsp3) is 0.609. The van der Waals surface area contributed by atoms with Gasteiger partial charge in [-0.3, -0.25) is 4.79 Å². The predicted octanol–water partition coefficient (Wildman–Crippen LogP) is 4.02. The number of aromatic nitrogens is 4. The zero-order valence-electron chi connectivity index (χ0n) is 20.3. The summed E-state index contributed by atoms with van der Waals surface area (Å²) in [5, 5.41) is 19.9. The summed E-state index contributed by atoms with van der Waals surface area (Å²) in [6.07, 6.45) is -3.76. The summed E-state index contributed by atoms with van der Waals surface area (Å²) < 4.78 is 49.7. The van der Waals surface area contributed by atoms with E-state index in [9.17, 15) is 27.9 Å². The smallest absolute Gasteiger partial charge is 0.407 e. The highest BCUT2D eigenvalue weighted by Crippen LogP contribution is 2.30. The molecule has 198 valence electrons. The highest BCUT2D eigenvalue weighted by atomic mass is 19.4. The Morgan fingerprint density at radius 2 is 2.06 bits per heavy atom. The Hall–Kier alpha value is -3.38. The summed E-state index contributed by atoms with van der Waals surface area (Å²) in [7, 11) is 1.64. The number of carboxylic acid groups (broad SMARTS) is 1. The van der Waals surface area contributed by atoms with Crippen LogP contribution in [0.5, 0.6) is 5.75 Å². The van der Waals surface area contributed by atoms with Crippen molar-refractivity contribution in [3.63, 3.8) is 0 Å². The number of carbonyl (C=O) groups excluding carboxylic acids is 1. The van der Waals surface area contributed by atoms with Crippen LogP contribution in [0.4, 0.5) is 18.0 Å². The molecule has 1 amide bonds. The van der Waals surface area contributed by atoms with Crippen molar-refractivity contribution in [1.29, 1.82) is 0 Å². The van der Waals surface area contributed by atoms with Crippen LogP contribution in [0.15, 0.2) is 12.1 Å². The third kappa shape index (κ3) is 7.56. The summed E-state index contributed by atoms with van der Waals surface area (Å²) in [5.41, 5.74) is 2.02. The molecule has 0 saturated heterocycles. The maximum Gasteiger partial charge on any atom is 0.407 e. The first-order valence-electron chi connectivity index (χ1n) is 11.7. The molecule has 3 rings (SSSR count). The van der Waals surface area contributed by atoms with Crippen molar-refractivity contribution in [1.82, 2.24) is 25.3 Å². The molecule has 0 radical (unpaired) electrons. The van der Waals surface area contributed by atoms with Gasteiger partial charge < -0.3 is 19.9 Å². The molecule has 2 aromatic heterocycles. The van der Waals surface area contributed by atoms with Crippen LogP contribution in [-0.4, -0.2) is 56.0 Å². The number of carboxylic acids is 1. The SMILES string of the molecule is Cc1nc(-c2nnn(C)c2CNC(=O)OCC(C)CC(F)(F)F)ccc1O[C@H]1CCCC(C(=O)O)C1. The molecule has 1 fully saturated rings. The van der Waals surface area contributed by atoms with Crippen molar-refractivity contribution in [3.05, 3.63) is 23.5 Å². The fourth-order valence-corrected chi connectivity index (χ4v) is 4.11. The van der Waals surface area contributed by atoms with Crippen molar-refractivity contribution in [2.75, 3.05) is 6.61 Å². The van der Waals surface area contributed by atoms with Gasteiger partial charge in [-0.2, -0.15) is 13.2 Å². The lowest BCUT2D eigenvalue weighted by atomic mass is 9.87. The summed E-state index contributed by atoms with van der Waals surface area (Å²) in [4.78, 5) is 27.8. The minimum atomic E-state index is -4.32. The van der Waals surface area contributed by atoms with Gasteiger partial charge in [-0.1, -0.05) is 12.1 Å². The number of nitrogens with zero attached hydrogens (tertiary/aromatic N) is 4. The van der Waals surface area contributed by atoms with Gasteiger partial charge in [0.1, 0.15) is 11.4 Å². The Labute approximate surface area is 206 Å². The molecule has 2 N–H and O–H groups in total. The largest absolute Gasteiger partial charge is 0.489 e. The average molecular weight is 514 g/mol. The normalized spacial score (nSPS) is 18.9. The van der Waals surface area contributed by atoms with Gasteiger partial charge in [-0.25, -0.2) is 14.5 Å². The Morgan fingerprint density at radius 1 is 1.31 bits per heavy atom. The first kappa shape index (κ1) is 27.2. The van der Waals surface area contributed by atoms with E-state index in [0.29, 0.717) is 41.4 Å². The lowest BCUT2D eigenvalue weighted by molar-refractivity contribution is -0.146. The van der Waals surface area contributed by atoms with Gasteiger partial charge in [0.2, 0.25) is 0 Å². The van der Waals surface area contributed by atoms with E-state index in [0.717, 1.165) is 12.8 Å². The maximum absolute atomic E-state index is 12.4. The summed E-state index contributed by atoms with van der Waals surface area (Å²) >= 11 is 0. The molecule has 0 spiro atoms. The van der Waals surface area contributed by atoms with Crippen LogP contribution in [0.2, 0.25) is 0 Å². The van der Waals surface area contributed by atoms with Gasteiger partial charge in [-0.05, 0) is 50.7 Å². The van der Waals surface area contributed by atoms with Gasteiger partial charge in [0, 0.05) is 13.5 Å². The lowest BCUT2D eigenvalue weighted by Crippen LogP contribution is -2.29. The predicted molar refractivity (Wildman–Crippen MR) is 121 cm³/mol. The quantitative estimate of drug-likeness (QED) is 0.515. The molecule has 1 aliphatic carbocycles. The molecule has 1 saturated carbocycles. The molecule has 1 aliphatic rings. The van der Waals surface area contributed by atoms with E-state index in [1.165, 1.54) is 11.6 Å². The lowest BCUT2D eigenvalue weighted by Gasteiger charge is -2.27. The number of amides is 1. The number of aryl methyl sites for hydroxylation is 2. The first-order valence-corrected chi connectivity index (χ1v) is 11.7. The Morgan fingerprint density at radius 3 is 2.72 bits per heavy atom. The number of ether oxygens (including phenoxy) is 2. The Balaban J connectivity index is 1.61. The van der Waals surface area contributed by atoms with Crippen molar-refractivity contribution in [2.45, 2.75) is 64.8 Å². The van der Waals surface area contributed by atoms with Crippen molar-refractivity contribution in [2.24, 2.45) is 18.9 Å². The molecular weight excluding hydrogens is 483 g/mol. The molecule has 2 heterocycles. The van der Waals surface area contributed by atoms with Crippen LogP contribution < -0.4 is 10.1 Å². The maximum atomic E-state index is 12.4. The van der Waals surface area contributed by atoms with E-state index in [2.05, 4.69) is 20.6 Å². The fourth-order valence-electron chi connectivity index (χ4n) is 4.11. The second-order valence-electron chi connectivity index (χ2n) is 9.11. The number of alkyl halides is 3. The average Bonchev–Trinajstić information content (AvgIpc) is 3.17. The molecule has 0 aliphatic heterocycles. The van der Waals surface area contributed by atoms with Gasteiger partial charge in [-0.15, -0.1) is 5.10 Å². The highest BCUT2D eigenvalue weighted by molar-refractivity contribution is 5.70. The number of nitrogens with one attached hydrogen (secondary N) is 1. The van der Waals surface area contributed by atoms with Crippen LogP contribution in [0.3, 0.4) is 0 Å². The molecule has 0 aromatic carbocycles. The highest BCUT2D eigenvalue weighted by Gasteiger charge is 2.31. The minimum Gasteiger partial charge on any atom is -0.489 e. The summed E-state index contributed by atoms with van der Waals surface area (Å²) in [5.74, 6) is -1.53. The summed E-state index contributed by atoms with van der Waals surface area (Å²) in [6.45, 7) is 2.73. The zero-order chi connectivity index (χ0) is 26.5. The van der Waals surface area contributed by atoms with Crippen LogP contribution in [0, 0.1) is 18.8 Å². The number of carbonyl (C=O) groups is 2. The van der Waals surface area contributed by atoms with Gasteiger partial charge >= 0.3 is 18.2 Å². The third-order valence-corrected chi connectivity index (χ3v) is 5.97. The van der Waals surface area contributed by atoms with E-state index in [1.54, 1.807) is 26.1 Å². The Bertz CT molecular complexity index is 1070. The number of pyridine rings is 1. The number of hydrogen-bond acceptors (Lipinski definition) is 7. The van der Waals surface area contributed by atoms with Crippen LogP contribution >= 0.6 is 0 Å². The standard InChI is InChI=1S/C23H30F3N5O5/c1-13(10-23(24,25)26)12-35-22(34)27-11-18-20(29-30-31(18)3)17-7-8-19(14(2)28-17)36-16-6-4-5-15(9-16)21(32)33/h7-8,13,15-16H,4-6,9-12H2,1-3H3,(H,27,34)(H,32,33)/t13?,15?,16-/m0/s1. The van der Waals surface area contributed by atoms with Crippen LogP contribution in [0.25, 0.3) is 11.4 Å². The first-order chi connectivity index (χ1) is 16.9. The van der Waals surface area contributed by atoms with E-state index in [4.69, 9.17) is 9.47 Å². The van der Waals surface area contributed by atoms with Crippen LogP contribution in [-0.2, 0) is 23.1 Å². The van der Waals surface area contributed by atoms with E-state index in [-0.39, 0.29) is 19.3 Å². The minimum absolute atomic E-state index is 0.0249. The van der Waals surface area contributed by atoms with Crippen molar-refractivity contribution in [3.8, 4) is 17.1 Å². The summed E-state index contributed by atoms with van der Waals surface area (Å²) in [6, 6.07) is 3.44. The molecule has 0 bridgehead atoms. The molecule has 13 heteroatoms. The molecule has 2 unspecified atom stereocenters. The second kappa shape index (κ2) is 11.6. The number of rotatable bonds is 9. The van der Waals surface area contributed by atoms with E-state index < -0.39 is 36.5 Å². The second-order valence-corrected chi connectivity index (χ2v) is 9.11. The topological polar surface area (TPSA) is 128 Å². The number of alkyl carbamates (subject to hydrolysis) is 1. The molecular formula is C23H30F3N5O5. The molecule has 36 heavy (non-hydrogen) atoms. The number of hydrogen-bond donors (Lipinski definition) is 2.